The largest absolute Gasteiger partial charge is 0.384 e. The Balaban J connectivity index is 2.09. The molecule has 1 unspecified atom stereocenters. The summed E-state index contributed by atoms with van der Waals surface area (Å²) in [6.07, 6.45) is 2.39. The molecule has 1 atom stereocenters. The number of hydrogen-bond donors (Lipinski definition) is 2. The molecule has 0 aliphatic rings. The highest BCUT2D eigenvalue weighted by molar-refractivity contribution is 5.33. The van der Waals surface area contributed by atoms with Crippen molar-refractivity contribution >= 4 is 0 Å². The van der Waals surface area contributed by atoms with Crippen LogP contribution in [0.25, 0.3) is 5.69 Å². The van der Waals surface area contributed by atoms with Gasteiger partial charge < -0.3 is 10.4 Å². The molecule has 2 aromatic rings. The molecule has 1 heterocycles. The van der Waals surface area contributed by atoms with E-state index >= 15 is 0 Å². The average molecular weight is 287 g/mol. The molecule has 114 valence electrons. The van der Waals surface area contributed by atoms with Crippen LogP contribution >= 0.6 is 0 Å². The first-order valence-electron chi connectivity index (χ1n) is 7.54. The number of aromatic nitrogens is 2. The molecule has 1 aromatic carbocycles. The predicted octanol–water partition coefficient (Wildman–Crippen LogP) is 2.72. The van der Waals surface area contributed by atoms with E-state index in [-0.39, 0.29) is 0 Å². The molecule has 0 aliphatic carbocycles. The zero-order valence-corrected chi connectivity index (χ0v) is 13.1. The van der Waals surface area contributed by atoms with E-state index in [1.807, 2.05) is 48.0 Å². The highest BCUT2D eigenvalue weighted by Gasteiger charge is 2.27. The maximum Gasteiger partial charge on any atom is 0.105 e. The molecule has 0 saturated heterocycles. The Kier molecular flexibility index (Phi) is 5.15. The topological polar surface area (TPSA) is 50.1 Å². The molecule has 2 N–H and O–H groups in total. The Morgan fingerprint density at radius 1 is 1.24 bits per heavy atom. The number of nitrogens with one attached hydrogen (secondary N) is 1. The van der Waals surface area contributed by atoms with Gasteiger partial charge in [0.15, 0.2) is 0 Å². The third-order valence-corrected chi connectivity index (χ3v) is 3.54. The monoisotopic (exact) mass is 287 g/mol. The zero-order chi connectivity index (χ0) is 15.3. The van der Waals surface area contributed by atoms with E-state index in [0.29, 0.717) is 12.3 Å². The third-order valence-electron chi connectivity index (χ3n) is 3.54. The van der Waals surface area contributed by atoms with Gasteiger partial charge in [0.25, 0.3) is 0 Å². The minimum absolute atomic E-state index is 0.616. The Bertz CT molecular complexity index is 546. The van der Waals surface area contributed by atoms with Gasteiger partial charge in [-0.1, -0.05) is 32.0 Å². The smallest absolute Gasteiger partial charge is 0.105 e. The summed E-state index contributed by atoms with van der Waals surface area (Å²) in [5.74, 6) is 0.616. The van der Waals surface area contributed by atoms with E-state index in [2.05, 4.69) is 24.3 Å². The fraction of sp³-hybridized carbons (Fsp3) is 0.471. The number of benzene rings is 1. The quantitative estimate of drug-likeness (QED) is 0.770. The predicted molar refractivity (Wildman–Crippen MR) is 85.5 cm³/mol. The first-order chi connectivity index (χ1) is 10.0. The Morgan fingerprint density at radius 3 is 2.62 bits per heavy atom. The summed E-state index contributed by atoms with van der Waals surface area (Å²) in [4.78, 5) is 0. The minimum Gasteiger partial charge on any atom is -0.384 e. The highest BCUT2D eigenvalue weighted by atomic mass is 16.3. The van der Waals surface area contributed by atoms with Crippen LogP contribution in [0.2, 0.25) is 0 Å². The van der Waals surface area contributed by atoms with Crippen LogP contribution in [0.1, 0.15) is 32.9 Å². The van der Waals surface area contributed by atoms with E-state index in [9.17, 15) is 5.11 Å². The lowest BCUT2D eigenvalue weighted by molar-refractivity contribution is 0.0409. The van der Waals surface area contributed by atoms with Crippen LogP contribution in [0, 0.1) is 5.92 Å². The van der Waals surface area contributed by atoms with Crippen molar-refractivity contribution < 1.29 is 5.11 Å². The second-order valence-electron chi connectivity index (χ2n) is 6.09. The van der Waals surface area contributed by atoms with Gasteiger partial charge in [0.1, 0.15) is 5.60 Å². The summed E-state index contributed by atoms with van der Waals surface area (Å²) in [6, 6.07) is 11.8. The van der Waals surface area contributed by atoms with Gasteiger partial charge in [0.05, 0.1) is 11.4 Å². The Labute approximate surface area is 126 Å². The molecule has 21 heavy (non-hydrogen) atoms. The van der Waals surface area contributed by atoms with Gasteiger partial charge in [-0.25, -0.2) is 4.68 Å². The molecular weight excluding hydrogens is 262 g/mol. The van der Waals surface area contributed by atoms with Crippen molar-refractivity contribution in [2.24, 2.45) is 5.92 Å². The van der Waals surface area contributed by atoms with E-state index < -0.39 is 5.60 Å². The molecule has 1 aromatic heterocycles. The molecule has 0 bridgehead atoms. The van der Waals surface area contributed by atoms with Crippen molar-refractivity contribution in [1.29, 1.82) is 0 Å². The molecule has 2 rings (SSSR count). The van der Waals surface area contributed by atoms with Gasteiger partial charge in [-0.3, -0.25) is 0 Å². The van der Waals surface area contributed by atoms with Gasteiger partial charge in [-0.2, -0.15) is 5.10 Å². The van der Waals surface area contributed by atoms with E-state index in [4.69, 9.17) is 0 Å². The number of hydrogen-bond acceptors (Lipinski definition) is 3. The first-order valence-corrected chi connectivity index (χ1v) is 7.54. The zero-order valence-electron chi connectivity index (χ0n) is 13.1. The second-order valence-corrected chi connectivity index (χ2v) is 6.09. The van der Waals surface area contributed by atoms with Crippen molar-refractivity contribution in [3.05, 3.63) is 48.3 Å². The lowest BCUT2D eigenvalue weighted by Crippen LogP contribution is -2.31. The molecule has 0 amide bonds. The Hall–Kier alpha value is -1.65. The fourth-order valence-electron chi connectivity index (χ4n) is 2.34. The van der Waals surface area contributed by atoms with Crippen molar-refractivity contribution in [3.8, 4) is 5.69 Å². The van der Waals surface area contributed by atoms with Gasteiger partial charge in [-0.15, -0.1) is 0 Å². The van der Waals surface area contributed by atoms with Gasteiger partial charge >= 0.3 is 0 Å². The van der Waals surface area contributed by atoms with Crippen LogP contribution in [0.3, 0.4) is 0 Å². The standard InChI is InChI=1S/C17H25N3O/c1-14(2)13-18-12-10-17(3,21)16-9-11-19-20(16)15-7-5-4-6-8-15/h4-9,11,14,18,21H,10,12-13H2,1-3H3. The van der Waals surface area contributed by atoms with Gasteiger partial charge in [0, 0.05) is 6.20 Å². The normalized spacial score (nSPS) is 14.3. The van der Waals surface area contributed by atoms with Gasteiger partial charge in [-0.05, 0) is 50.6 Å². The molecule has 0 radical (unpaired) electrons. The molecule has 4 nitrogen and oxygen atoms in total. The van der Waals surface area contributed by atoms with Crippen molar-refractivity contribution in [1.82, 2.24) is 15.1 Å². The summed E-state index contributed by atoms with van der Waals surface area (Å²) in [7, 11) is 0. The summed E-state index contributed by atoms with van der Waals surface area (Å²) in [5, 5.41) is 18.5. The summed E-state index contributed by atoms with van der Waals surface area (Å²) < 4.78 is 1.81. The minimum atomic E-state index is -0.906. The number of aliphatic hydroxyl groups is 1. The molecule has 0 aliphatic heterocycles. The van der Waals surface area contributed by atoms with Crippen LogP contribution < -0.4 is 5.32 Å². The molecular formula is C17H25N3O. The summed E-state index contributed by atoms with van der Waals surface area (Å²) >= 11 is 0. The van der Waals surface area contributed by atoms with Crippen LogP contribution in [-0.4, -0.2) is 28.0 Å². The number of para-hydroxylation sites is 1. The highest BCUT2D eigenvalue weighted by Crippen LogP contribution is 2.25. The molecule has 0 saturated carbocycles. The Morgan fingerprint density at radius 2 is 1.95 bits per heavy atom. The third kappa shape index (κ3) is 4.16. The van der Waals surface area contributed by atoms with Gasteiger partial charge in [0.2, 0.25) is 0 Å². The average Bonchev–Trinajstić information content (AvgIpc) is 2.95. The maximum absolute atomic E-state index is 10.8. The van der Waals surface area contributed by atoms with E-state index in [1.165, 1.54) is 0 Å². The number of rotatable bonds is 7. The lowest BCUT2D eigenvalue weighted by Gasteiger charge is -2.25. The summed E-state index contributed by atoms with van der Waals surface area (Å²) in [6.45, 7) is 7.95. The fourth-order valence-corrected chi connectivity index (χ4v) is 2.34. The lowest BCUT2D eigenvalue weighted by atomic mass is 9.97. The summed E-state index contributed by atoms with van der Waals surface area (Å²) in [5.41, 5.74) is 0.879. The molecule has 0 spiro atoms. The van der Waals surface area contributed by atoms with Crippen LogP contribution in [0.4, 0.5) is 0 Å². The van der Waals surface area contributed by atoms with Crippen molar-refractivity contribution in [3.63, 3.8) is 0 Å². The molecule has 4 heteroatoms. The number of nitrogens with zero attached hydrogens (tertiary/aromatic N) is 2. The second kappa shape index (κ2) is 6.87. The molecule has 0 fully saturated rings. The van der Waals surface area contributed by atoms with Crippen LogP contribution in [0.15, 0.2) is 42.6 Å². The van der Waals surface area contributed by atoms with E-state index in [0.717, 1.165) is 24.5 Å². The van der Waals surface area contributed by atoms with E-state index in [1.54, 1.807) is 6.20 Å². The van der Waals surface area contributed by atoms with Crippen LogP contribution in [0.5, 0.6) is 0 Å². The SMILES string of the molecule is CC(C)CNCCC(C)(O)c1ccnn1-c1ccccc1. The van der Waals surface area contributed by atoms with Crippen molar-refractivity contribution in [2.45, 2.75) is 32.8 Å². The maximum atomic E-state index is 10.8. The van der Waals surface area contributed by atoms with Crippen molar-refractivity contribution in [2.75, 3.05) is 13.1 Å². The first kappa shape index (κ1) is 15.7. The van der Waals surface area contributed by atoms with Crippen LogP contribution in [-0.2, 0) is 5.60 Å².